The Balaban J connectivity index is -0.000000218. The van der Waals surface area contributed by atoms with Crippen molar-refractivity contribution in [3.63, 3.8) is 0 Å². The van der Waals surface area contributed by atoms with E-state index >= 15 is 0 Å². The first kappa shape index (κ1) is 18.6. The Bertz CT molecular complexity index is 46.2. The maximum Gasteiger partial charge on any atom is 0.0319 e. The molecule has 0 saturated heterocycles. The molecule has 0 spiro atoms. The molecule has 0 radical (unpaired) electrons. The molecule has 0 bridgehead atoms. The number of rotatable bonds is 6. The minimum atomic E-state index is 0.847. The molecule has 3 nitrogen and oxygen atoms in total. The molecular weight excluding hydrogens is 164 g/mol. The second-order valence-corrected chi connectivity index (χ2v) is 2.31. The van der Waals surface area contributed by atoms with Crippen molar-refractivity contribution in [2.75, 3.05) is 27.2 Å². The lowest BCUT2D eigenvalue weighted by atomic mass is 10.2. The van der Waals surface area contributed by atoms with Crippen molar-refractivity contribution >= 4 is 0 Å². The third kappa shape index (κ3) is 33.5. The zero-order valence-corrected chi connectivity index (χ0v) is 9.77. The fourth-order valence-corrected chi connectivity index (χ4v) is 0.800. The lowest BCUT2D eigenvalue weighted by molar-refractivity contribution is 0.399. The predicted octanol–water partition coefficient (Wildman–Crippen LogP) is 1.36. The van der Waals surface area contributed by atoms with Gasteiger partial charge in [-0.15, -0.1) is 0 Å². The Hall–Kier alpha value is -0.120. The lowest BCUT2D eigenvalue weighted by Crippen LogP contribution is -2.07. The van der Waals surface area contributed by atoms with Crippen LogP contribution in [0.15, 0.2) is 0 Å². The molecule has 13 heavy (non-hydrogen) atoms. The number of nitrogens with two attached hydrogens (primary N) is 1. The van der Waals surface area contributed by atoms with Crippen LogP contribution >= 0.6 is 0 Å². The number of hydrogen-bond acceptors (Lipinski definition) is 3. The summed E-state index contributed by atoms with van der Waals surface area (Å²) < 4.78 is 0. The summed E-state index contributed by atoms with van der Waals surface area (Å²) in [6.07, 6.45) is 5.08. The number of aliphatic hydroxyl groups is 1. The van der Waals surface area contributed by atoms with Crippen molar-refractivity contribution in [1.82, 2.24) is 5.32 Å². The van der Waals surface area contributed by atoms with E-state index in [9.17, 15) is 0 Å². The molecule has 0 saturated carbocycles. The summed E-state index contributed by atoms with van der Waals surface area (Å²) in [6, 6.07) is 0. The first-order chi connectivity index (χ1) is 6.41. The molecule has 0 aromatic heterocycles. The minimum Gasteiger partial charge on any atom is -0.400 e. The maximum atomic E-state index is 7.00. The molecule has 0 aliphatic rings. The Labute approximate surface area is 83.7 Å². The SMILES string of the molecule is CC.CNCCCCCCN.CO. The fraction of sp³-hybridized carbons (Fsp3) is 1.00. The number of unbranched alkanes of at least 4 members (excludes halogenated alkanes) is 3. The van der Waals surface area contributed by atoms with Crippen LogP contribution in [0.1, 0.15) is 39.5 Å². The lowest BCUT2D eigenvalue weighted by Gasteiger charge is -1.97. The molecule has 84 valence electrons. The van der Waals surface area contributed by atoms with E-state index in [-0.39, 0.29) is 0 Å². The van der Waals surface area contributed by atoms with Crippen molar-refractivity contribution in [2.45, 2.75) is 39.5 Å². The van der Waals surface area contributed by atoms with Crippen molar-refractivity contribution in [1.29, 1.82) is 0 Å². The molecule has 0 amide bonds. The van der Waals surface area contributed by atoms with Gasteiger partial charge < -0.3 is 16.2 Å². The first-order valence-electron chi connectivity index (χ1n) is 5.21. The monoisotopic (exact) mass is 192 g/mol. The van der Waals surface area contributed by atoms with Crippen LogP contribution in [0.5, 0.6) is 0 Å². The normalized spacial score (nSPS) is 7.85. The van der Waals surface area contributed by atoms with Gasteiger partial charge in [-0.3, -0.25) is 0 Å². The number of aliphatic hydroxyl groups excluding tert-OH is 1. The summed E-state index contributed by atoms with van der Waals surface area (Å²) in [5.41, 5.74) is 5.33. The highest BCUT2D eigenvalue weighted by Crippen LogP contribution is 1.96. The maximum absolute atomic E-state index is 7.00. The van der Waals surface area contributed by atoms with Gasteiger partial charge in [-0.05, 0) is 33.0 Å². The number of nitrogens with one attached hydrogen (secondary N) is 1. The highest BCUT2D eigenvalue weighted by Gasteiger charge is 1.85. The van der Waals surface area contributed by atoms with Crippen LogP contribution in [0.4, 0.5) is 0 Å². The van der Waals surface area contributed by atoms with Gasteiger partial charge in [0, 0.05) is 7.11 Å². The van der Waals surface area contributed by atoms with E-state index in [0.717, 1.165) is 20.2 Å². The summed E-state index contributed by atoms with van der Waals surface area (Å²) in [4.78, 5) is 0. The van der Waals surface area contributed by atoms with Gasteiger partial charge in [-0.2, -0.15) is 0 Å². The molecule has 0 rings (SSSR count). The molecule has 0 unspecified atom stereocenters. The Kier molecular flexibility index (Phi) is 42.6. The summed E-state index contributed by atoms with van der Waals surface area (Å²) in [5.74, 6) is 0. The van der Waals surface area contributed by atoms with Crippen LogP contribution in [0, 0.1) is 0 Å². The minimum absolute atomic E-state index is 0.847. The van der Waals surface area contributed by atoms with E-state index in [0.29, 0.717) is 0 Å². The van der Waals surface area contributed by atoms with Crippen LogP contribution in [0.25, 0.3) is 0 Å². The van der Waals surface area contributed by atoms with Crippen LogP contribution in [0.2, 0.25) is 0 Å². The summed E-state index contributed by atoms with van der Waals surface area (Å²) >= 11 is 0. The highest BCUT2D eigenvalue weighted by atomic mass is 16.2. The topological polar surface area (TPSA) is 58.3 Å². The van der Waals surface area contributed by atoms with Gasteiger partial charge in [-0.25, -0.2) is 0 Å². The van der Waals surface area contributed by atoms with Gasteiger partial charge in [0.05, 0.1) is 0 Å². The Morgan fingerprint density at radius 1 is 1.00 bits per heavy atom. The van der Waals surface area contributed by atoms with E-state index in [1.165, 1.54) is 25.7 Å². The van der Waals surface area contributed by atoms with Crippen molar-refractivity contribution in [2.24, 2.45) is 5.73 Å². The second kappa shape index (κ2) is 29.7. The van der Waals surface area contributed by atoms with Crippen molar-refractivity contribution < 1.29 is 5.11 Å². The van der Waals surface area contributed by atoms with Crippen molar-refractivity contribution in [3.8, 4) is 0 Å². The van der Waals surface area contributed by atoms with Gasteiger partial charge in [0.15, 0.2) is 0 Å². The van der Waals surface area contributed by atoms with E-state index < -0.39 is 0 Å². The summed E-state index contributed by atoms with van der Waals surface area (Å²) in [7, 11) is 2.99. The largest absolute Gasteiger partial charge is 0.400 e. The average Bonchev–Trinajstić information content (AvgIpc) is 2.24. The van der Waals surface area contributed by atoms with Gasteiger partial charge in [-0.1, -0.05) is 26.7 Å². The summed E-state index contributed by atoms with van der Waals surface area (Å²) in [5, 5.41) is 10.1. The molecule has 0 aromatic rings. The van der Waals surface area contributed by atoms with Gasteiger partial charge >= 0.3 is 0 Å². The second-order valence-electron chi connectivity index (χ2n) is 2.31. The molecule has 0 atom stereocenters. The zero-order chi connectivity index (χ0) is 10.9. The quantitative estimate of drug-likeness (QED) is 0.557. The fourth-order valence-electron chi connectivity index (χ4n) is 0.800. The van der Waals surface area contributed by atoms with E-state index in [1.807, 2.05) is 20.9 Å². The standard InChI is InChI=1S/C7H18N2.C2H6.CH4O/c1-9-7-5-3-2-4-6-8;2*1-2/h9H,2-8H2,1H3;1-2H3;2H,1H3. The molecular formula is C10H28N2O. The van der Waals surface area contributed by atoms with Gasteiger partial charge in [0.25, 0.3) is 0 Å². The molecule has 0 aromatic carbocycles. The van der Waals surface area contributed by atoms with E-state index in [2.05, 4.69) is 5.32 Å². The Morgan fingerprint density at radius 2 is 1.46 bits per heavy atom. The van der Waals surface area contributed by atoms with Crippen LogP contribution in [-0.4, -0.2) is 32.4 Å². The van der Waals surface area contributed by atoms with Crippen LogP contribution in [0.3, 0.4) is 0 Å². The molecule has 0 aliphatic carbocycles. The molecule has 3 heteroatoms. The molecule has 0 aliphatic heterocycles. The Morgan fingerprint density at radius 3 is 1.85 bits per heavy atom. The molecule has 0 fully saturated rings. The number of hydrogen-bond donors (Lipinski definition) is 3. The van der Waals surface area contributed by atoms with Crippen molar-refractivity contribution in [3.05, 3.63) is 0 Å². The van der Waals surface area contributed by atoms with Gasteiger partial charge in [0.1, 0.15) is 0 Å². The van der Waals surface area contributed by atoms with E-state index in [4.69, 9.17) is 10.8 Å². The smallest absolute Gasteiger partial charge is 0.0319 e. The van der Waals surface area contributed by atoms with Gasteiger partial charge in [0.2, 0.25) is 0 Å². The zero-order valence-electron chi connectivity index (χ0n) is 9.77. The predicted molar refractivity (Wildman–Crippen MR) is 60.9 cm³/mol. The van der Waals surface area contributed by atoms with Crippen LogP contribution in [-0.2, 0) is 0 Å². The first-order valence-corrected chi connectivity index (χ1v) is 5.21. The summed E-state index contributed by atoms with van der Waals surface area (Å²) in [6.45, 7) is 5.99. The van der Waals surface area contributed by atoms with E-state index in [1.54, 1.807) is 0 Å². The third-order valence-corrected chi connectivity index (χ3v) is 1.38. The molecule has 4 N–H and O–H groups in total. The van der Waals surface area contributed by atoms with Crippen LogP contribution < -0.4 is 11.1 Å². The molecule has 0 heterocycles. The average molecular weight is 192 g/mol. The highest BCUT2D eigenvalue weighted by molar-refractivity contribution is 4.45. The third-order valence-electron chi connectivity index (χ3n) is 1.38.